The summed E-state index contributed by atoms with van der Waals surface area (Å²) in [5, 5.41) is 0.676. The van der Waals surface area contributed by atoms with Crippen LogP contribution in [0, 0.1) is 0 Å². The van der Waals surface area contributed by atoms with Crippen LogP contribution in [0.3, 0.4) is 0 Å². The van der Waals surface area contributed by atoms with Gasteiger partial charge in [-0.2, -0.15) is 0 Å². The van der Waals surface area contributed by atoms with Crippen LogP contribution in [0.25, 0.3) is 0 Å². The smallest absolute Gasteiger partial charge is 0.124 e. The Hall–Kier alpha value is -0.770. The van der Waals surface area contributed by atoms with Crippen molar-refractivity contribution in [2.75, 3.05) is 13.7 Å². The zero-order valence-electron chi connectivity index (χ0n) is 9.00. The van der Waals surface area contributed by atoms with Crippen LogP contribution in [0.5, 0.6) is 5.75 Å². The Bertz CT molecular complexity index is 317. The first kappa shape index (κ1) is 12.3. The molecule has 15 heavy (non-hydrogen) atoms. The summed E-state index contributed by atoms with van der Waals surface area (Å²) in [5.74, 6) is 0.781. The van der Waals surface area contributed by atoms with Crippen LogP contribution in [-0.4, -0.2) is 19.8 Å². The zero-order chi connectivity index (χ0) is 11.3. The van der Waals surface area contributed by atoms with Crippen molar-refractivity contribution in [1.29, 1.82) is 0 Å². The van der Waals surface area contributed by atoms with Gasteiger partial charge in [-0.15, -0.1) is 0 Å². The Balaban J connectivity index is 2.69. The van der Waals surface area contributed by atoms with Gasteiger partial charge in [0, 0.05) is 17.1 Å². The molecule has 1 atom stereocenters. The van der Waals surface area contributed by atoms with Gasteiger partial charge in [0.15, 0.2) is 0 Å². The third-order valence-electron chi connectivity index (χ3n) is 2.10. The van der Waals surface area contributed by atoms with E-state index in [4.69, 9.17) is 26.8 Å². The Morgan fingerprint density at radius 1 is 1.47 bits per heavy atom. The molecule has 0 aliphatic carbocycles. The summed E-state index contributed by atoms with van der Waals surface area (Å²) >= 11 is 5.89. The van der Waals surface area contributed by atoms with Crippen LogP contribution in [0.2, 0.25) is 5.02 Å². The highest BCUT2D eigenvalue weighted by Crippen LogP contribution is 2.23. The van der Waals surface area contributed by atoms with E-state index < -0.39 is 0 Å². The van der Waals surface area contributed by atoms with E-state index in [9.17, 15) is 0 Å². The van der Waals surface area contributed by atoms with Gasteiger partial charge in [-0.1, -0.05) is 11.6 Å². The van der Waals surface area contributed by atoms with Crippen LogP contribution < -0.4 is 10.5 Å². The molecule has 0 aliphatic heterocycles. The fourth-order valence-electron chi connectivity index (χ4n) is 1.16. The van der Waals surface area contributed by atoms with Crippen molar-refractivity contribution in [2.24, 2.45) is 5.73 Å². The van der Waals surface area contributed by atoms with Crippen molar-refractivity contribution in [1.82, 2.24) is 0 Å². The highest BCUT2D eigenvalue weighted by atomic mass is 35.5. The molecule has 0 fully saturated rings. The van der Waals surface area contributed by atoms with Gasteiger partial charge in [0.25, 0.3) is 0 Å². The Kier molecular flexibility index (Phi) is 4.88. The minimum absolute atomic E-state index is 0.0358. The highest BCUT2D eigenvalue weighted by molar-refractivity contribution is 6.30. The summed E-state index contributed by atoms with van der Waals surface area (Å²) in [5.41, 5.74) is 6.39. The summed E-state index contributed by atoms with van der Waals surface area (Å²) in [4.78, 5) is 0. The Morgan fingerprint density at radius 3 is 2.80 bits per heavy atom. The van der Waals surface area contributed by atoms with Gasteiger partial charge in [0.05, 0.1) is 19.8 Å². The van der Waals surface area contributed by atoms with Crippen LogP contribution in [0.15, 0.2) is 18.2 Å². The van der Waals surface area contributed by atoms with Gasteiger partial charge in [-0.3, -0.25) is 0 Å². The number of rotatable bonds is 5. The predicted molar refractivity (Wildman–Crippen MR) is 61.3 cm³/mol. The van der Waals surface area contributed by atoms with Gasteiger partial charge in [-0.25, -0.2) is 0 Å². The topological polar surface area (TPSA) is 44.5 Å². The molecule has 0 bridgehead atoms. The van der Waals surface area contributed by atoms with E-state index in [1.54, 1.807) is 13.2 Å². The van der Waals surface area contributed by atoms with Gasteiger partial charge >= 0.3 is 0 Å². The third-order valence-corrected chi connectivity index (χ3v) is 2.33. The SMILES string of the molecule is COc1ccc(Cl)cc1COC(C)CN. The van der Waals surface area contributed by atoms with Crippen molar-refractivity contribution in [2.45, 2.75) is 19.6 Å². The van der Waals surface area contributed by atoms with E-state index in [1.165, 1.54) is 0 Å². The van der Waals surface area contributed by atoms with Crippen LogP contribution in [-0.2, 0) is 11.3 Å². The van der Waals surface area contributed by atoms with Crippen molar-refractivity contribution < 1.29 is 9.47 Å². The van der Waals surface area contributed by atoms with E-state index in [2.05, 4.69) is 0 Å². The molecule has 0 aliphatic rings. The quantitative estimate of drug-likeness (QED) is 0.842. The second kappa shape index (κ2) is 5.95. The number of benzene rings is 1. The largest absolute Gasteiger partial charge is 0.496 e. The molecule has 1 aromatic rings. The lowest BCUT2D eigenvalue weighted by molar-refractivity contribution is 0.0578. The first-order valence-electron chi connectivity index (χ1n) is 4.81. The number of nitrogens with two attached hydrogens (primary N) is 1. The molecule has 0 heterocycles. The molecule has 0 amide bonds. The molecule has 0 saturated carbocycles. The zero-order valence-corrected chi connectivity index (χ0v) is 9.75. The normalized spacial score (nSPS) is 12.5. The number of ether oxygens (including phenoxy) is 2. The molecular weight excluding hydrogens is 214 g/mol. The molecule has 1 rings (SSSR count). The lowest BCUT2D eigenvalue weighted by Crippen LogP contribution is -2.19. The first-order valence-corrected chi connectivity index (χ1v) is 5.19. The van der Waals surface area contributed by atoms with E-state index in [-0.39, 0.29) is 6.10 Å². The van der Waals surface area contributed by atoms with Crippen LogP contribution in [0.1, 0.15) is 12.5 Å². The Labute approximate surface area is 95.1 Å². The van der Waals surface area contributed by atoms with Gasteiger partial charge in [-0.05, 0) is 25.1 Å². The van der Waals surface area contributed by atoms with Crippen molar-refractivity contribution in [3.8, 4) is 5.75 Å². The van der Waals surface area contributed by atoms with E-state index in [0.29, 0.717) is 18.2 Å². The van der Waals surface area contributed by atoms with Crippen molar-refractivity contribution in [3.05, 3.63) is 28.8 Å². The minimum atomic E-state index is 0.0358. The van der Waals surface area contributed by atoms with Crippen LogP contribution >= 0.6 is 11.6 Å². The van der Waals surface area contributed by atoms with E-state index in [1.807, 2.05) is 19.1 Å². The lowest BCUT2D eigenvalue weighted by atomic mass is 10.2. The van der Waals surface area contributed by atoms with E-state index >= 15 is 0 Å². The number of hydrogen-bond donors (Lipinski definition) is 1. The maximum absolute atomic E-state index is 5.89. The maximum Gasteiger partial charge on any atom is 0.124 e. The standard InChI is InChI=1S/C11H16ClNO2/c1-8(6-13)15-7-9-5-10(12)3-4-11(9)14-2/h3-5,8H,6-7,13H2,1-2H3. The lowest BCUT2D eigenvalue weighted by Gasteiger charge is -2.13. The summed E-state index contributed by atoms with van der Waals surface area (Å²) < 4.78 is 10.7. The molecule has 4 heteroatoms. The summed E-state index contributed by atoms with van der Waals surface area (Å²) in [6.07, 6.45) is 0.0358. The monoisotopic (exact) mass is 229 g/mol. The second-order valence-electron chi connectivity index (χ2n) is 3.31. The number of hydrogen-bond acceptors (Lipinski definition) is 3. The summed E-state index contributed by atoms with van der Waals surface area (Å²) in [6, 6.07) is 5.45. The number of halogens is 1. The average molecular weight is 230 g/mol. The van der Waals surface area contributed by atoms with Crippen molar-refractivity contribution in [3.63, 3.8) is 0 Å². The van der Waals surface area contributed by atoms with Crippen LogP contribution in [0.4, 0.5) is 0 Å². The molecule has 0 saturated heterocycles. The van der Waals surface area contributed by atoms with E-state index in [0.717, 1.165) is 11.3 Å². The first-order chi connectivity index (χ1) is 7.17. The maximum atomic E-state index is 5.89. The molecular formula is C11H16ClNO2. The fourth-order valence-corrected chi connectivity index (χ4v) is 1.35. The summed E-state index contributed by atoms with van der Waals surface area (Å²) in [6.45, 7) is 2.89. The molecule has 1 unspecified atom stereocenters. The molecule has 3 nitrogen and oxygen atoms in total. The van der Waals surface area contributed by atoms with Gasteiger partial charge in [0.2, 0.25) is 0 Å². The molecule has 0 aromatic heterocycles. The highest BCUT2D eigenvalue weighted by Gasteiger charge is 2.06. The minimum Gasteiger partial charge on any atom is -0.496 e. The molecule has 2 N–H and O–H groups in total. The predicted octanol–water partition coefficient (Wildman–Crippen LogP) is 2.21. The molecule has 1 aromatic carbocycles. The van der Waals surface area contributed by atoms with Crippen molar-refractivity contribution >= 4 is 11.6 Å². The average Bonchev–Trinajstić information content (AvgIpc) is 2.26. The number of methoxy groups -OCH3 is 1. The second-order valence-corrected chi connectivity index (χ2v) is 3.75. The van der Waals surface area contributed by atoms with Gasteiger partial charge < -0.3 is 15.2 Å². The summed E-state index contributed by atoms with van der Waals surface area (Å²) in [7, 11) is 1.62. The molecule has 0 radical (unpaired) electrons. The molecule has 0 spiro atoms. The third kappa shape index (κ3) is 3.70. The molecule has 84 valence electrons. The Morgan fingerprint density at radius 2 is 2.20 bits per heavy atom. The van der Waals surface area contributed by atoms with Gasteiger partial charge in [0.1, 0.15) is 5.75 Å². The fraction of sp³-hybridized carbons (Fsp3) is 0.455.